The van der Waals surface area contributed by atoms with Gasteiger partial charge in [-0.05, 0) is 18.1 Å². The zero-order chi connectivity index (χ0) is 17.1. The van der Waals surface area contributed by atoms with E-state index in [9.17, 15) is 4.79 Å². The Morgan fingerprint density at radius 2 is 1.78 bits per heavy atom. The first-order valence-electron chi connectivity index (χ1n) is 6.76. The van der Waals surface area contributed by atoms with Crippen LogP contribution in [0.1, 0.15) is 32.3 Å². The molecule has 23 heavy (non-hydrogen) atoms. The Kier molecular flexibility index (Phi) is 5.28. The van der Waals surface area contributed by atoms with E-state index in [2.05, 4.69) is 10.2 Å². The average Bonchev–Trinajstić information content (AvgIpc) is 2.43. The molecule has 2 aromatic rings. The number of nitrogens with two attached hydrogens (primary N) is 1. The topological polar surface area (TPSA) is 87.3 Å². The van der Waals surface area contributed by atoms with Gasteiger partial charge in [-0.2, -0.15) is 0 Å². The smallest absolute Gasteiger partial charge is 0.309 e. The fourth-order valence-corrected chi connectivity index (χ4v) is 2.42. The van der Waals surface area contributed by atoms with Gasteiger partial charge in [-0.25, -0.2) is 0 Å². The fourth-order valence-electron chi connectivity index (χ4n) is 1.84. The van der Waals surface area contributed by atoms with E-state index in [0.717, 1.165) is 0 Å². The predicted molar refractivity (Wildman–Crippen MR) is 88.4 cm³/mol. The second-order valence-electron chi connectivity index (χ2n) is 5.11. The molecule has 0 aliphatic rings. The summed E-state index contributed by atoms with van der Waals surface area (Å²) in [6.45, 7) is 5.15. The molecular weight excluding hydrogens is 341 g/mol. The molecule has 0 fully saturated rings. The van der Waals surface area contributed by atoms with Crippen LogP contribution in [0.4, 0.5) is 5.69 Å². The Bertz CT molecular complexity index is 728. The molecular formula is C15H15Cl2N3O3. The van der Waals surface area contributed by atoms with Gasteiger partial charge in [0, 0.05) is 24.2 Å². The highest BCUT2D eigenvalue weighted by molar-refractivity contribution is 6.37. The molecule has 1 heterocycles. The van der Waals surface area contributed by atoms with Crippen LogP contribution in [0.2, 0.25) is 10.0 Å². The van der Waals surface area contributed by atoms with Crippen LogP contribution < -0.4 is 15.2 Å². The van der Waals surface area contributed by atoms with Crippen LogP contribution in [0, 0.1) is 0 Å². The van der Waals surface area contributed by atoms with Gasteiger partial charge in [0.2, 0.25) is 11.8 Å². The summed E-state index contributed by atoms with van der Waals surface area (Å²) < 4.78 is 10.7. The van der Waals surface area contributed by atoms with Crippen molar-refractivity contribution in [2.75, 3.05) is 5.73 Å². The van der Waals surface area contributed by atoms with Crippen molar-refractivity contribution < 1.29 is 14.3 Å². The first kappa shape index (κ1) is 17.3. The molecule has 0 bridgehead atoms. The van der Waals surface area contributed by atoms with Crippen LogP contribution in [0.15, 0.2) is 18.2 Å². The predicted octanol–water partition coefficient (Wildman–Crippen LogP) is 4.21. The second kappa shape index (κ2) is 7.02. The third-order valence-electron chi connectivity index (χ3n) is 2.85. The SMILES string of the molecule is CC(=O)Oc1nnc(Oc2c(Cl)cc(N)cc2Cl)cc1C(C)C. The number of esters is 1. The summed E-state index contributed by atoms with van der Waals surface area (Å²) in [5, 5.41) is 8.27. The number of nitrogen functional groups attached to an aromatic ring is 1. The van der Waals surface area contributed by atoms with Gasteiger partial charge in [0.05, 0.1) is 10.0 Å². The number of ether oxygens (including phenoxy) is 2. The molecule has 0 radical (unpaired) electrons. The summed E-state index contributed by atoms with van der Waals surface area (Å²) in [4.78, 5) is 11.1. The molecule has 1 aromatic carbocycles. The Morgan fingerprint density at radius 1 is 1.17 bits per heavy atom. The number of carbonyl (C=O) groups is 1. The van der Waals surface area contributed by atoms with E-state index in [4.69, 9.17) is 38.4 Å². The molecule has 0 saturated carbocycles. The van der Waals surface area contributed by atoms with Gasteiger partial charge in [0.1, 0.15) is 0 Å². The minimum atomic E-state index is -0.473. The Balaban J connectivity index is 2.38. The Morgan fingerprint density at radius 3 is 2.30 bits per heavy atom. The molecule has 6 nitrogen and oxygen atoms in total. The van der Waals surface area contributed by atoms with Gasteiger partial charge in [0.25, 0.3) is 0 Å². The van der Waals surface area contributed by atoms with Gasteiger partial charge in [-0.1, -0.05) is 37.0 Å². The maximum atomic E-state index is 11.1. The number of benzene rings is 1. The molecule has 122 valence electrons. The first-order valence-corrected chi connectivity index (χ1v) is 7.52. The molecule has 2 N–H and O–H groups in total. The average molecular weight is 356 g/mol. The molecule has 0 unspecified atom stereocenters. The lowest BCUT2D eigenvalue weighted by atomic mass is 10.1. The van der Waals surface area contributed by atoms with Gasteiger partial charge in [0.15, 0.2) is 5.75 Å². The van der Waals surface area contributed by atoms with Crippen LogP contribution in [-0.4, -0.2) is 16.2 Å². The highest BCUT2D eigenvalue weighted by atomic mass is 35.5. The largest absolute Gasteiger partial charge is 0.434 e. The molecule has 8 heteroatoms. The molecule has 0 amide bonds. The Hall–Kier alpha value is -2.05. The van der Waals surface area contributed by atoms with E-state index >= 15 is 0 Å². The van der Waals surface area contributed by atoms with E-state index < -0.39 is 5.97 Å². The maximum Gasteiger partial charge on any atom is 0.309 e. The molecule has 0 aliphatic carbocycles. The van der Waals surface area contributed by atoms with E-state index in [0.29, 0.717) is 11.3 Å². The standard InChI is InChI=1S/C15H15Cl2N3O3/c1-7(2)10-6-13(19-20-15(10)22-8(3)21)23-14-11(16)4-9(18)5-12(14)17/h4-7H,18H2,1-3H3. The van der Waals surface area contributed by atoms with Crippen molar-refractivity contribution in [1.82, 2.24) is 10.2 Å². The van der Waals surface area contributed by atoms with Crippen molar-refractivity contribution in [3.63, 3.8) is 0 Å². The lowest BCUT2D eigenvalue weighted by molar-refractivity contribution is -0.132. The third-order valence-corrected chi connectivity index (χ3v) is 3.42. The normalized spacial score (nSPS) is 10.7. The van der Waals surface area contributed by atoms with Crippen molar-refractivity contribution in [2.24, 2.45) is 0 Å². The number of anilines is 1. The summed E-state index contributed by atoms with van der Waals surface area (Å²) in [6.07, 6.45) is 0. The number of rotatable bonds is 4. The molecule has 2 rings (SSSR count). The highest BCUT2D eigenvalue weighted by Gasteiger charge is 2.17. The number of aromatic nitrogens is 2. The number of nitrogens with zero attached hydrogens (tertiary/aromatic N) is 2. The van der Waals surface area contributed by atoms with Crippen LogP contribution >= 0.6 is 23.2 Å². The monoisotopic (exact) mass is 355 g/mol. The van der Waals surface area contributed by atoms with Gasteiger partial charge in [-0.3, -0.25) is 4.79 Å². The second-order valence-corrected chi connectivity index (χ2v) is 5.92. The van der Waals surface area contributed by atoms with Crippen LogP contribution in [0.25, 0.3) is 0 Å². The molecule has 0 saturated heterocycles. The van der Waals surface area contributed by atoms with Gasteiger partial charge in [-0.15, -0.1) is 10.2 Å². The number of hydrogen-bond donors (Lipinski definition) is 1. The van der Waals surface area contributed by atoms with Gasteiger partial charge < -0.3 is 15.2 Å². The molecule has 0 aliphatic heterocycles. The van der Waals surface area contributed by atoms with Gasteiger partial charge >= 0.3 is 5.97 Å². The van der Waals surface area contributed by atoms with Crippen LogP contribution in [0.3, 0.4) is 0 Å². The van der Waals surface area contributed by atoms with Crippen molar-refractivity contribution in [3.8, 4) is 17.5 Å². The number of hydrogen-bond acceptors (Lipinski definition) is 6. The fraction of sp³-hybridized carbons (Fsp3) is 0.267. The molecule has 1 aromatic heterocycles. The van der Waals surface area contributed by atoms with Crippen molar-refractivity contribution in [3.05, 3.63) is 33.8 Å². The zero-order valence-electron chi connectivity index (χ0n) is 12.8. The summed E-state index contributed by atoms with van der Waals surface area (Å²) in [5.74, 6) is 0.123. The van der Waals surface area contributed by atoms with Crippen LogP contribution in [0.5, 0.6) is 17.5 Å². The van der Waals surface area contributed by atoms with E-state index in [1.165, 1.54) is 19.1 Å². The van der Waals surface area contributed by atoms with Crippen molar-refractivity contribution >= 4 is 34.9 Å². The lowest BCUT2D eigenvalue weighted by Crippen LogP contribution is -2.08. The number of carbonyl (C=O) groups excluding carboxylic acids is 1. The molecule has 0 atom stereocenters. The minimum absolute atomic E-state index is 0.0413. The highest BCUT2D eigenvalue weighted by Crippen LogP contribution is 2.38. The number of halogens is 2. The zero-order valence-corrected chi connectivity index (χ0v) is 14.3. The first-order chi connectivity index (χ1) is 10.8. The third kappa shape index (κ3) is 4.24. The van der Waals surface area contributed by atoms with E-state index in [1.807, 2.05) is 13.8 Å². The summed E-state index contributed by atoms with van der Waals surface area (Å²) >= 11 is 12.2. The van der Waals surface area contributed by atoms with Crippen molar-refractivity contribution in [2.45, 2.75) is 26.7 Å². The summed E-state index contributed by atoms with van der Waals surface area (Å²) in [7, 11) is 0. The lowest BCUT2D eigenvalue weighted by Gasteiger charge is -2.13. The van der Waals surface area contributed by atoms with E-state index in [-0.39, 0.29) is 33.5 Å². The van der Waals surface area contributed by atoms with E-state index in [1.54, 1.807) is 6.07 Å². The maximum absolute atomic E-state index is 11.1. The summed E-state index contributed by atoms with van der Waals surface area (Å²) in [6, 6.07) is 4.67. The quantitative estimate of drug-likeness (QED) is 0.652. The molecule has 0 spiro atoms. The Labute approximate surface area is 143 Å². The van der Waals surface area contributed by atoms with Crippen molar-refractivity contribution in [1.29, 1.82) is 0 Å². The minimum Gasteiger partial charge on any atom is -0.434 e. The van der Waals surface area contributed by atoms with Crippen LogP contribution in [-0.2, 0) is 4.79 Å². The summed E-state index contributed by atoms with van der Waals surface area (Å²) in [5.41, 5.74) is 6.75.